The molecule has 154 valence electrons. The summed E-state index contributed by atoms with van der Waals surface area (Å²) in [6, 6.07) is 5.03. The van der Waals surface area contributed by atoms with E-state index in [1.807, 2.05) is 4.90 Å². The lowest BCUT2D eigenvalue weighted by Gasteiger charge is -2.41. The fraction of sp³-hybridized carbons (Fsp3) is 0.474. The number of rotatable bonds is 2. The third-order valence-corrected chi connectivity index (χ3v) is 5.23. The second-order valence-electron chi connectivity index (χ2n) is 7.71. The van der Waals surface area contributed by atoms with Crippen LogP contribution in [0.2, 0.25) is 5.28 Å². The number of piperazine rings is 1. The molecule has 3 rings (SSSR count). The van der Waals surface area contributed by atoms with Gasteiger partial charge in [0.1, 0.15) is 16.9 Å². The molecule has 1 aromatic heterocycles. The van der Waals surface area contributed by atoms with Gasteiger partial charge in [-0.3, -0.25) is 0 Å². The van der Waals surface area contributed by atoms with Crippen molar-refractivity contribution in [1.82, 2.24) is 14.9 Å². The molecule has 0 aliphatic carbocycles. The van der Waals surface area contributed by atoms with Gasteiger partial charge in [-0.2, -0.15) is 10.2 Å². The van der Waals surface area contributed by atoms with Gasteiger partial charge in [0.15, 0.2) is 5.82 Å². The van der Waals surface area contributed by atoms with Gasteiger partial charge < -0.3 is 14.5 Å². The van der Waals surface area contributed by atoms with Crippen LogP contribution in [0.25, 0.3) is 10.9 Å². The van der Waals surface area contributed by atoms with Gasteiger partial charge in [0.25, 0.3) is 0 Å². The Labute approximate surface area is 181 Å². The average molecular weight is 485 g/mol. The van der Waals surface area contributed by atoms with Crippen LogP contribution in [-0.4, -0.2) is 52.2 Å². The number of nitrogens with zero attached hydrogens (tertiary/aromatic N) is 5. The number of halogens is 3. The van der Waals surface area contributed by atoms with E-state index in [1.165, 1.54) is 0 Å². The van der Waals surface area contributed by atoms with Crippen molar-refractivity contribution in [1.29, 1.82) is 5.26 Å². The quantitative estimate of drug-likeness (QED) is 0.583. The smallest absolute Gasteiger partial charge is 0.410 e. The molecule has 0 radical (unpaired) electrons. The number of nitriles is 1. The van der Waals surface area contributed by atoms with Crippen molar-refractivity contribution in [3.63, 3.8) is 0 Å². The summed E-state index contributed by atoms with van der Waals surface area (Å²) in [5.41, 5.74) is -0.520. The Balaban J connectivity index is 1.93. The topological polar surface area (TPSA) is 82.3 Å². The first kappa shape index (κ1) is 21.5. The van der Waals surface area contributed by atoms with Crippen molar-refractivity contribution in [2.75, 3.05) is 24.5 Å². The number of anilines is 1. The SMILES string of the molecule is CC(C)(C)OC(=O)N1CCN(c2nc(Cl)nc3c(F)c(Br)ccc23)C[C@@H]1CC#N. The molecule has 2 heterocycles. The molecule has 2 aromatic rings. The maximum absolute atomic E-state index is 14.5. The van der Waals surface area contributed by atoms with Crippen LogP contribution in [0.4, 0.5) is 15.0 Å². The minimum Gasteiger partial charge on any atom is -0.444 e. The van der Waals surface area contributed by atoms with Crippen molar-refractivity contribution in [2.24, 2.45) is 0 Å². The zero-order valence-electron chi connectivity index (χ0n) is 16.2. The Bertz CT molecular complexity index is 991. The molecule has 1 fully saturated rings. The standard InChI is InChI=1S/C19H20BrClFN5O2/c1-19(2,3)29-18(28)27-9-8-26(10-11(27)6-7-23)16-12-4-5-13(20)14(22)15(12)24-17(21)25-16/h4-5,11H,6,8-10H2,1-3H3/t11-/m0/s1. The second-order valence-corrected chi connectivity index (χ2v) is 8.90. The number of hydrogen-bond donors (Lipinski definition) is 0. The van der Waals surface area contributed by atoms with Crippen LogP contribution < -0.4 is 4.90 Å². The summed E-state index contributed by atoms with van der Waals surface area (Å²) in [5.74, 6) is -0.0489. The minimum atomic E-state index is -0.632. The minimum absolute atomic E-state index is 0.0732. The van der Waals surface area contributed by atoms with Crippen LogP contribution in [-0.2, 0) is 4.74 Å². The molecule has 1 atom stereocenters. The highest BCUT2D eigenvalue weighted by molar-refractivity contribution is 9.10. The van der Waals surface area contributed by atoms with Gasteiger partial charge in [-0.1, -0.05) is 0 Å². The fourth-order valence-electron chi connectivity index (χ4n) is 3.22. The average Bonchev–Trinajstić information content (AvgIpc) is 2.63. The summed E-state index contributed by atoms with van der Waals surface area (Å²) in [6.07, 6.45) is -0.329. The van der Waals surface area contributed by atoms with Gasteiger partial charge in [0, 0.05) is 25.0 Å². The number of fused-ring (bicyclic) bond motifs is 1. The summed E-state index contributed by atoms with van der Waals surface area (Å²) in [7, 11) is 0. The third-order valence-electron chi connectivity index (χ3n) is 4.45. The monoisotopic (exact) mass is 483 g/mol. The Morgan fingerprint density at radius 1 is 1.41 bits per heavy atom. The van der Waals surface area contributed by atoms with Crippen LogP contribution >= 0.6 is 27.5 Å². The first-order valence-corrected chi connectivity index (χ1v) is 10.2. The number of benzene rings is 1. The first-order chi connectivity index (χ1) is 13.6. The maximum atomic E-state index is 14.5. The van der Waals surface area contributed by atoms with Crippen LogP contribution in [0, 0.1) is 17.1 Å². The third kappa shape index (κ3) is 4.70. The van der Waals surface area contributed by atoms with Crippen molar-refractivity contribution in [2.45, 2.75) is 38.8 Å². The summed E-state index contributed by atoms with van der Waals surface area (Å²) < 4.78 is 20.3. The molecule has 0 bridgehead atoms. The van der Waals surface area contributed by atoms with E-state index in [-0.39, 0.29) is 21.7 Å². The molecular formula is C19H20BrClFN5O2. The summed E-state index contributed by atoms with van der Waals surface area (Å²) in [4.78, 5) is 24.3. The largest absolute Gasteiger partial charge is 0.444 e. The molecule has 0 spiro atoms. The lowest BCUT2D eigenvalue weighted by molar-refractivity contribution is 0.0145. The van der Waals surface area contributed by atoms with Gasteiger partial charge >= 0.3 is 6.09 Å². The van der Waals surface area contributed by atoms with Gasteiger partial charge in [-0.05, 0) is 60.4 Å². The summed E-state index contributed by atoms with van der Waals surface area (Å²) in [5, 5.41) is 9.68. The van der Waals surface area contributed by atoms with Crippen molar-refractivity contribution < 1.29 is 13.9 Å². The Morgan fingerprint density at radius 2 is 2.14 bits per heavy atom. The molecular weight excluding hydrogens is 465 g/mol. The number of aromatic nitrogens is 2. The van der Waals surface area contributed by atoms with Gasteiger partial charge in [-0.25, -0.2) is 14.2 Å². The van der Waals surface area contributed by atoms with Crippen molar-refractivity contribution >= 4 is 50.3 Å². The Morgan fingerprint density at radius 3 is 2.79 bits per heavy atom. The predicted molar refractivity (Wildman–Crippen MR) is 111 cm³/mol. The van der Waals surface area contributed by atoms with Crippen LogP contribution in [0.15, 0.2) is 16.6 Å². The normalized spacial score (nSPS) is 17.3. The number of ether oxygens (including phenoxy) is 1. The summed E-state index contributed by atoms with van der Waals surface area (Å²) in [6.45, 7) is 6.49. The zero-order valence-corrected chi connectivity index (χ0v) is 18.6. The number of carbonyl (C=O) groups is 1. The lowest BCUT2D eigenvalue weighted by atomic mass is 10.1. The van der Waals surface area contributed by atoms with Crippen molar-refractivity contribution in [3.8, 4) is 6.07 Å². The molecule has 0 unspecified atom stereocenters. The molecule has 10 heteroatoms. The Hall–Kier alpha value is -2.18. The number of hydrogen-bond acceptors (Lipinski definition) is 6. The van der Waals surface area contributed by atoms with Gasteiger partial charge in [0.05, 0.1) is 23.0 Å². The highest BCUT2D eigenvalue weighted by Crippen LogP contribution is 2.32. The van der Waals surface area contributed by atoms with E-state index in [2.05, 4.69) is 32.0 Å². The fourth-order valence-corrected chi connectivity index (χ4v) is 3.71. The van der Waals surface area contributed by atoms with E-state index >= 15 is 0 Å². The van der Waals surface area contributed by atoms with E-state index in [0.717, 1.165) is 0 Å². The molecule has 1 aromatic carbocycles. The molecule has 1 aliphatic rings. The molecule has 7 nitrogen and oxygen atoms in total. The molecule has 29 heavy (non-hydrogen) atoms. The van der Waals surface area contributed by atoms with E-state index in [1.54, 1.807) is 37.8 Å². The van der Waals surface area contributed by atoms with Gasteiger partial charge in [-0.15, -0.1) is 0 Å². The van der Waals surface area contributed by atoms with Gasteiger partial charge in [0.2, 0.25) is 5.28 Å². The summed E-state index contributed by atoms with van der Waals surface area (Å²) >= 11 is 9.20. The first-order valence-electron chi connectivity index (χ1n) is 9.03. The molecule has 0 N–H and O–H groups in total. The number of carbonyl (C=O) groups excluding carboxylic acids is 1. The maximum Gasteiger partial charge on any atom is 0.410 e. The highest BCUT2D eigenvalue weighted by atomic mass is 79.9. The van der Waals surface area contributed by atoms with Crippen LogP contribution in [0.1, 0.15) is 27.2 Å². The lowest BCUT2D eigenvalue weighted by Crippen LogP contribution is -2.56. The van der Waals surface area contributed by atoms with Crippen molar-refractivity contribution in [3.05, 3.63) is 27.7 Å². The molecule has 0 saturated carbocycles. The van der Waals surface area contributed by atoms with Crippen LogP contribution in [0.5, 0.6) is 0 Å². The predicted octanol–water partition coefficient (Wildman–Crippen LogP) is 4.52. The number of amides is 1. The second kappa shape index (κ2) is 8.28. The Kier molecular flexibility index (Phi) is 6.15. The van der Waals surface area contributed by atoms with E-state index in [9.17, 15) is 14.4 Å². The highest BCUT2D eigenvalue weighted by Gasteiger charge is 2.34. The van der Waals surface area contributed by atoms with E-state index in [0.29, 0.717) is 30.8 Å². The van der Waals surface area contributed by atoms with Crippen LogP contribution in [0.3, 0.4) is 0 Å². The van der Waals surface area contributed by atoms with E-state index in [4.69, 9.17) is 16.3 Å². The molecule has 1 saturated heterocycles. The van der Waals surface area contributed by atoms with E-state index < -0.39 is 23.6 Å². The molecule has 1 aliphatic heterocycles. The zero-order chi connectivity index (χ0) is 21.3. The molecule has 1 amide bonds.